The van der Waals surface area contributed by atoms with Crippen LogP contribution >= 0.6 is 0 Å². The molecule has 0 radical (unpaired) electrons. The van der Waals surface area contributed by atoms with E-state index in [-0.39, 0.29) is 5.91 Å². The van der Waals surface area contributed by atoms with Gasteiger partial charge in [0.15, 0.2) is 0 Å². The largest absolute Gasteiger partial charge is 0.370 e. The first-order chi connectivity index (χ1) is 7.25. The number of carbonyl (C=O) groups excluding carboxylic acids is 1. The van der Waals surface area contributed by atoms with Crippen LogP contribution in [0.1, 0.15) is 38.5 Å². The SMILES string of the molecule is NC(=O)CCN1CC[C@@H]2CCCC[C@H]2C1. The molecule has 0 bridgehead atoms. The quantitative estimate of drug-likeness (QED) is 0.765. The van der Waals surface area contributed by atoms with Crippen molar-refractivity contribution in [2.45, 2.75) is 38.5 Å². The fraction of sp³-hybridized carbons (Fsp3) is 0.917. The van der Waals surface area contributed by atoms with Crippen LogP contribution in [-0.2, 0) is 4.79 Å². The van der Waals surface area contributed by atoms with Crippen molar-refractivity contribution in [2.24, 2.45) is 17.6 Å². The maximum atomic E-state index is 10.7. The normalized spacial score (nSPS) is 32.3. The Bertz CT molecular complexity index is 230. The van der Waals surface area contributed by atoms with Crippen LogP contribution in [0.15, 0.2) is 0 Å². The molecule has 1 saturated heterocycles. The number of likely N-dealkylation sites (tertiary alicyclic amines) is 1. The molecule has 1 heterocycles. The van der Waals surface area contributed by atoms with Gasteiger partial charge < -0.3 is 10.6 Å². The van der Waals surface area contributed by atoms with Crippen LogP contribution in [0, 0.1) is 11.8 Å². The van der Waals surface area contributed by atoms with E-state index in [1.54, 1.807) is 0 Å². The predicted molar refractivity (Wildman–Crippen MR) is 60.3 cm³/mol. The van der Waals surface area contributed by atoms with Crippen molar-refractivity contribution in [1.29, 1.82) is 0 Å². The lowest BCUT2D eigenvalue weighted by molar-refractivity contribution is -0.118. The highest BCUT2D eigenvalue weighted by molar-refractivity contribution is 5.73. The Balaban J connectivity index is 1.78. The summed E-state index contributed by atoms with van der Waals surface area (Å²) in [4.78, 5) is 13.1. The fourth-order valence-electron chi connectivity index (χ4n) is 3.15. The molecular formula is C12H22N2O. The smallest absolute Gasteiger partial charge is 0.218 e. The lowest BCUT2D eigenvalue weighted by Crippen LogP contribution is -2.42. The molecule has 15 heavy (non-hydrogen) atoms. The summed E-state index contributed by atoms with van der Waals surface area (Å²) >= 11 is 0. The summed E-state index contributed by atoms with van der Waals surface area (Å²) < 4.78 is 0. The molecule has 1 aliphatic heterocycles. The van der Waals surface area contributed by atoms with Gasteiger partial charge in [0, 0.05) is 19.5 Å². The molecule has 0 aromatic heterocycles. The molecule has 3 heteroatoms. The van der Waals surface area contributed by atoms with Crippen LogP contribution in [0.3, 0.4) is 0 Å². The molecule has 0 aromatic rings. The highest BCUT2D eigenvalue weighted by Gasteiger charge is 2.30. The molecule has 3 nitrogen and oxygen atoms in total. The molecule has 0 spiro atoms. The zero-order valence-corrected chi connectivity index (χ0v) is 9.45. The van der Waals surface area contributed by atoms with Crippen LogP contribution in [0.4, 0.5) is 0 Å². The molecule has 2 N–H and O–H groups in total. The summed E-state index contributed by atoms with van der Waals surface area (Å²) in [6.07, 6.45) is 7.54. The van der Waals surface area contributed by atoms with Gasteiger partial charge in [-0.25, -0.2) is 0 Å². The van der Waals surface area contributed by atoms with Crippen molar-refractivity contribution in [1.82, 2.24) is 4.90 Å². The minimum absolute atomic E-state index is 0.166. The Morgan fingerprint density at radius 3 is 2.67 bits per heavy atom. The number of hydrogen-bond acceptors (Lipinski definition) is 2. The average molecular weight is 210 g/mol. The predicted octanol–water partition coefficient (Wildman–Crippen LogP) is 1.37. The highest BCUT2D eigenvalue weighted by atomic mass is 16.1. The number of nitrogens with zero attached hydrogens (tertiary/aromatic N) is 1. The van der Waals surface area contributed by atoms with Crippen LogP contribution in [0.2, 0.25) is 0 Å². The second kappa shape index (κ2) is 4.97. The van der Waals surface area contributed by atoms with E-state index < -0.39 is 0 Å². The number of rotatable bonds is 3. The van der Waals surface area contributed by atoms with Gasteiger partial charge in [-0.3, -0.25) is 4.79 Å². The highest BCUT2D eigenvalue weighted by Crippen LogP contribution is 2.35. The summed E-state index contributed by atoms with van der Waals surface area (Å²) in [5, 5.41) is 0. The van der Waals surface area contributed by atoms with E-state index in [2.05, 4.69) is 4.90 Å². The Morgan fingerprint density at radius 1 is 1.20 bits per heavy atom. The fourth-order valence-corrected chi connectivity index (χ4v) is 3.15. The number of carbonyl (C=O) groups is 1. The molecule has 1 saturated carbocycles. The van der Waals surface area contributed by atoms with Gasteiger partial charge in [-0.1, -0.05) is 19.3 Å². The van der Waals surface area contributed by atoms with E-state index in [4.69, 9.17) is 5.73 Å². The standard InChI is InChI=1S/C12H22N2O/c13-12(15)6-8-14-7-5-10-3-1-2-4-11(10)9-14/h10-11H,1-9H2,(H2,13,15)/t10-,11-/m0/s1. The molecule has 2 fully saturated rings. The van der Waals surface area contributed by atoms with Gasteiger partial charge in [0.05, 0.1) is 0 Å². The van der Waals surface area contributed by atoms with Crippen molar-refractivity contribution in [3.8, 4) is 0 Å². The maximum Gasteiger partial charge on any atom is 0.218 e. The van der Waals surface area contributed by atoms with E-state index in [1.807, 2.05) is 0 Å². The summed E-state index contributed by atoms with van der Waals surface area (Å²) in [6.45, 7) is 3.25. The van der Waals surface area contributed by atoms with Crippen LogP contribution in [-0.4, -0.2) is 30.4 Å². The third kappa shape index (κ3) is 2.94. The lowest BCUT2D eigenvalue weighted by Gasteiger charge is -2.41. The number of piperidine rings is 1. The minimum atomic E-state index is -0.166. The maximum absolute atomic E-state index is 10.7. The average Bonchev–Trinajstić information content (AvgIpc) is 2.26. The summed E-state index contributed by atoms with van der Waals surface area (Å²) in [5.74, 6) is 1.71. The molecule has 1 amide bonds. The van der Waals surface area contributed by atoms with Crippen molar-refractivity contribution in [3.63, 3.8) is 0 Å². The molecule has 0 aromatic carbocycles. The van der Waals surface area contributed by atoms with E-state index >= 15 is 0 Å². The van der Waals surface area contributed by atoms with Crippen LogP contribution in [0.25, 0.3) is 0 Å². The number of amides is 1. The first-order valence-corrected chi connectivity index (χ1v) is 6.26. The summed E-state index contributed by atoms with van der Waals surface area (Å²) in [7, 11) is 0. The summed E-state index contributed by atoms with van der Waals surface area (Å²) in [5.41, 5.74) is 5.18. The zero-order valence-electron chi connectivity index (χ0n) is 9.45. The van der Waals surface area contributed by atoms with Crippen molar-refractivity contribution in [2.75, 3.05) is 19.6 Å². The number of fused-ring (bicyclic) bond motifs is 1. The van der Waals surface area contributed by atoms with E-state index in [1.165, 1.54) is 45.2 Å². The Labute approximate surface area is 92.0 Å². The van der Waals surface area contributed by atoms with Gasteiger partial charge in [0.1, 0.15) is 0 Å². The minimum Gasteiger partial charge on any atom is -0.370 e. The van der Waals surface area contributed by atoms with Gasteiger partial charge in [-0.2, -0.15) is 0 Å². The third-order valence-corrected chi connectivity index (χ3v) is 4.05. The third-order valence-electron chi connectivity index (χ3n) is 4.05. The van der Waals surface area contributed by atoms with Gasteiger partial charge in [-0.05, 0) is 31.2 Å². The molecular weight excluding hydrogens is 188 g/mol. The van der Waals surface area contributed by atoms with E-state index in [9.17, 15) is 4.79 Å². The Kier molecular flexibility index (Phi) is 3.62. The van der Waals surface area contributed by atoms with Gasteiger partial charge >= 0.3 is 0 Å². The molecule has 0 unspecified atom stereocenters. The van der Waals surface area contributed by atoms with Crippen molar-refractivity contribution < 1.29 is 4.79 Å². The first kappa shape index (κ1) is 10.9. The molecule has 2 rings (SSSR count). The van der Waals surface area contributed by atoms with Gasteiger partial charge in [-0.15, -0.1) is 0 Å². The van der Waals surface area contributed by atoms with Gasteiger partial charge in [0.25, 0.3) is 0 Å². The van der Waals surface area contributed by atoms with Crippen molar-refractivity contribution >= 4 is 5.91 Å². The molecule has 2 aliphatic rings. The van der Waals surface area contributed by atoms with E-state index in [0.29, 0.717) is 6.42 Å². The van der Waals surface area contributed by atoms with Gasteiger partial charge in [0.2, 0.25) is 5.91 Å². The lowest BCUT2D eigenvalue weighted by atomic mass is 9.75. The second-order valence-corrected chi connectivity index (χ2v) is 5.11. The summed E-state index contributed by atoms with van der Waals surface area (Å²) in [6, 6.07) is 0. The number of nitrogens with two attached hydrogens (primary N) is 1. The Hall–Kier alpha value is -0.570. The molecule has 2 atom stereocenters. The van der Waals surface area contributed by atoms with Crippen LogP contribution < -0.4 is 5.73 Å². The second-order valence-electron chi connectivity index (χ2n) is 5.11. The molecule has 1 aliphatic carbocycles. The van der Waals surface area contributed by atoms with Crippen LogP contribution in [0.5, 0.6) is 0 Å². The first-order valence-electron chi connectivity index (χ1n) is 6.26. The van der Waals surface area contributed by atoms with Crippen molar-refractivity contribution in [3.05, 3.63) is 0 Å². The number of primary amides is 1. The monoisotopic (exact) mass is 210 g/mol. The zero-order chi connectivity index (χ0) is 10.7. The topological polar surface area (TPSA) is 46.3 Å². The molecule has 86 valence electrons. The van der Waals surface area contributed by atoms with E-state index in [0.717, 1.165) is 18.4 Å². The number of hydrogen-bond donors (Lipinski definition) is 1. The Morgan fingerprint density at radius 2 is 1.93 bits per heavy atom.